The van der Waals surface area contributed by atoms with Gasteiger partial charge >= 0.3 is 0 Å². The maximum absolute atomic E-state index is 13.2. The smallest absolute Gasteiger partial charge is 0.238 e. The summed E-state index contributed by atoms with van der Waals surface area (Å²) in [5, 5.41) is 2.57. The number of rotatable bonds is 7. The Morgan fingerprint density at radius 1 is 1.14 bits per heavy atom. The number of benzene rings is 2. The van der Waals surface area contributed by atoms with E-state index in [-0.39, 0.29) is 46.6 Å². The summed E-state index contributed by atoms with van der Waals surface area (Å²) < 4.78 is 7.08. The van der Waals surface area contributed by atoms with E-state index >= 15 is 0 Å². The summed E-state index contributed by atoms with van der Waals surface area (Å²) in [6.45, 7) is 4.36. The van der Waals surface area contributed by atoms with Crippen LogP contribution in [0.15, 0.2) is 59.0 Å². The number of allylic oxidation sites excluding steroid dienone is 2. The second-order valence-corrected chi connectivity index (χ2v) is 12.0. The van der Waals surface area contributed by atoms with Crippen LogP contribution in [-0.4, -0.2) is 34.6 Å². The molecular formula is C27H25N3O4S2. The largest absolute Gasteiger partial charge is 0.494 e. The summed E-state index contributed by atoms with van der Waals surface area (Å²) in [7, 11) is 0. The van der Waals surface area contributed by atoms with Crippen LogP contribution in [0.25, 0.3) is 10.2 Å². The van der Waals surface area contributed by atoms with E-state index < -0.39 is 0 Å². The summed E-state index contributed by atoms with van der Waals surface area (Å²) in [6.07, 6.45) is 5.12. The molecule has 3 amide bonds. The van der Waals surface area contributed by atoms with Gasteiger partial charge in [-0.2, -0.15) is 0 Å². The number of thiazole rings is 1. The van der Waals surface area contributed by atoms with Gasteiger partial charge in [-0.1, -0.05) is 23.9 Å². The lowest BCUT2D eigenvalue weighted by molar-refractivity contribution is -0.123. The molecule has 1 aliphatic heterocycles. The molecule has 1 N–H and O–H groups in total. The van der Waals surface area contributed by atoms with Crippen LogP contribution in [0.1, 0.15) is 20.3 Å². The van der Waals surface area contributed by atoms with E-state index in [4.69, 9.17) is 4.74 Å². The number of hydrogen-bond acceptors (Lipinski definition) is 7. The molecule has 3 aromatic rings. The van der Waals surface area contributed by atoms with Gasteiger partial charge in [0.25, 0.3) is 0 Å². The Morgan fingerprint density at radius 2 is 1.83 bits per heavy atom. The number of aromatic nitrogens is 1. The minimum atomic E-state index is -0.360. The van der Waals surface area contributed by atoms with Crippen LogP contribution >= 0.6 is 23.1 Å². The second-order valence-electron chi connectivity index (χ2n) is 9.35. The van der Waals surface area contributed by atoms with Crippen LogP contribution in [0.5, 0.6) is 5.75 Å². The summed E-state index contributed by atoms with van der Waals surface area (Å²) in [5.74, 6) is 0.415. The fraction of sp³-hybridized carbons (Fsp3) is 0.333. The Labute approximate surface area is 216 Å². The molecule has 3 aliphatic rings. The number of imide groups is 1. The number of amides is 3. The van der Waals surface area contributed by atoms with Crippen LogP contribution in [0.3, 0.4) is 0 Å². The fourth-order valence-electron chi connectivity index (χ4n) is 5.49. The highest BCUT2D eigenvalue weighted by Gasteiger charge is 2.59. The van der Waals surface area contributed by atoms with Crippen molar-refractivity contribution in [1.82, 2.24) is 4.98 Å². The van der Waals surface area contributed by atoms with Gasteiger partial charge in [-0.25, -0.2) is 9.88 Å². The Bertz CT molecular complexity index is 1370. The molecule has 1 saturated heterocycles. The second kappa shape index (κ2) is 9.05. The predicted octanol–water partition coefficient (Wildman–Crippen LogP) is 5.13. The molecule has 5 atom stereocenters. The predicted molar refractivity (Wildman–Crippen MR) is 141 cm³/mol. The van der Waals surface area contributed by atoms with Gasteiger partial charge in [0.15, 0.2) is 4.34 Å². The maximum Gasteiger partial charge on any atom is 0.238 e. The molecule has 1 aromatic heterocycles. The molecule has 6 rings (SSSR count). The average molecular weight is 520 g/mol. The Kier molecular flexibility index (Phi) is 5.84. The first-order valence-corrected chi connectivity index (χ1v) is 13.8. The molecule has 2 heterocycles. The molecule has 7 nitrogen and oxygen atoms in total. The van der Waals surface area contributed by atoms with E-state index in [0.29, 0.717) is 18.0 Å². The van der Waals surface area contributed by atoms with Crippen molar-refractivity contribution in [2.75, 3.05) is 16.8 Å². The highest BCUT2D eigenvalue weighted by molar-refractivity contribution is 8.02. The van der Waals surface area contributed by atoms with E-state index in [9.17, 15) is 14.4 Å². The number of ether oxygens (including phenoxy) is 1. The zero-order chi connectivity index (χ0) is 25.0. The molecular weight excluding hydrogens is 494 g/mol. The maximum atomic E-state index is 13.2. The first kappa shape index (κ1) is 23.2. The highest BCUT2D eigenvalue weighted by Crippen LogP contribution is 2.53. The van der Waals surface area contributed by atoms with Crippen molar-refractivity contribution in [2.45, 2.75) is 29.9 Å². The molecule has 184 valence electrons. The number of thioether (sulfide) groups is 1. The monoisotopic (exact) mass is 519 g/mol. The number of nitrogens with one attached hydrogen (secondary N) is 1. The minimum absolute atomic E-state index is 0.0834. The molecule has 2 bridgehead atoms. The lowest BCUT2D eigenvalue weighted by Gasteiger charge is -2.17. The zero-order valence-corrected chi connectivity index (χ0v) is 21.5. The molecule has 0 unspecified atom stereocenters. The first-order valence-electron chi connectivity index (χ1n) is 12.1. The third-order valence-electron chi connectivity index (χ3n) is 7.16. The molecule has 36 heavy (non-hydrogen) atoms. The standard InChI is InChI=1S/C27H25N3O4S2/c1-3-34-19-9-6-17(7-10-19)28-24(31)14(2)35-27-29-20-11-8-18(13-21(20)36-27)30-25(32)22-15-4-5-16(12-15)23(22)26(30)33/h4-11,13-16,22-23H,3,12H2,1-2H3,(H,28,31)/t14-,15-,16-,22-,23-/m0/s1. The van der Waals surface area contributed by atoms with Crippen molar-refractivity contribution >= 4 is 62.4 Å². The van der Waals surface area contributed by atoms with Gasteiger partial charge in [-0.15, -0.1) is 11.3 Å². The minimum Gasteiger partial charge on any atom is -0.494 e. The SMILES string of the molecule is CCOc1ccc(NC(=O)[C@H](C)Sc2nc3ccc(N4C(=O)[C@@H]5[C@@H](C4=O)[C@H]4C=C[C@H]5C4)cc3s2)cc1. The highest BCUT2D eigenvalue weighted by atomic mass is 32.2. The molecule has 2 aliphatic carbocycles. The van der Waals surface area contributed by atoms with E-state index in [1.165, 1.54) is 28.0 Å². The van der Waals surface area contributed by atoms with E-state index in [0.717, 1.165) is 26.7 Å². The van der Waals surface area contributed by atoms with Crippen LogP contribution in [0, 0.1) is 23.7 Å². The van der Waals surface area contributed by atoms with E-state index in [1.807, 2.05) is 50.2 Å². The third-order valence-corrected chi connectivity index (χ3v) is 9.37. The normalized spacial score (nSPS) is 25.0. The first-order chi connectivity index (χ1) is 17.4. The number of anilines is 2. The van der Waals surface area contributed by atoms with Crippen molar-refractivity contribution in [3.05, 3.63) is 54.6 Å². The molecule has 0 radical (unpaired) electrons. The Hall–Kier alpha value is -3.17. The number of fused-ring (bicyclic) bond motifs is 6. The average Bonchev–Trinajstić information content (AvgIpc) is 3.63. The zero-order valence-electron chi connectivity index (χ0n) is 19.8. The van der Waals surface area contributed by atoms with Crippen molar-refractivity contribution in [1.29, 1.82) is 0 Å². The van der Waals surface area contributed by atoms with Crippen molar-refractivity contribution in [3.63, 3.8) is 0 Å². The molecule has 0 spiro atoms. The molecule has 1 saturated carbocycles. The third kappa shape index (κ3) is 3.90. The van der Waals surface area contributed by atoms with Gasteiger partial charge in [-0.3, -0.25) is 14.4 Å². The number of carbonyl (C=O) groups is 3. The Balaban J connectivity index is 1.15. The van der Waals surface area contributed by atoms with Gasteiger partial charge in [0.2, 0.25) is 17.7 Å². The van der Waals surface area contributed by atoms with Crippen LogP contribution in [0.4, 0.5) is 11.4 Å². The number of carbonyl (C=O) groups excluding carboxylic acids is 3. The summed E-state index contributed by atoms with van der Waals surface area (Å²) >= 11 is 2.85. The van der Waals surface area contributed by atoms with Gasteiger partial charge in [0.05, 0.1) is 39.6 Å². The van der Waals surface area contributed by atoms with Crippen molar-refractivity contribution in [2.24, 2.45) is 23.7 Å². The van der Waals surface area contributed by atoms with Gasteiger partial charge < -0.3 is 10.1 Å². The lowest BCUT2D eigenvalue weighted by Crippen LogP contribution is -2.32. The van der Waals surface area contributed by atoms with Crippen LogP contribution in [0.2, 0.25) is 0 Å². The quantitative estimate of drug-likeness (QED) is 0.265. The molecule has 9 heteroatoms. The van der Waals surface area contributed by atoms with Gasteiger partial charge in [0, 0.05) is 5.69 Å². The summed E-state index contributed by atoms with van der Waals surface area (Å²) in [5.41, 5.74) is 2.09. The van der Waals surface area contributed by atoms with Crippen LogP contribution < -0.4 is 15.0 Å². The lowest BCUT2D eigenvalue weighted by atomic mass is 9.85. The number of hydrogen-bond donors (Lipinski definition) is 1. The van der Waals surface area contributed by atoms with Gasteiger partial charge in [0.1, 0.15) is 5.75 Å². The fourth-order valence-corrected chi connectivity index (χ4v) is 7.73. The van der Waals surface area contributed by atoms with Crippen molar-refractivity contribution < 1.29 is 19.1 Å². The Morgan fingerprint density at radius 3 is 2.50 bits per heavy atom. The number of nitrogens with zero attached hydrogens (tertiary/aromatic N) is 2. The van der Waals surface area contributed by atoms with E-state index in [1.54, 1.807) is 6.07 Å². The van der Waals surface area contributed by atoms with Crippen molar-refractivity contribution in [3.8, 4) is 5.75 Å². The summed E-state index contributed by atoms with van der Waals surface area (Å²) in [6, 6.07) is 12.8. The van der Waals surface area contributed by atoms with E-state index in [2.05, 4.69) is 22.5 Å². The van der Waals surface area contributed by atoms with Gasteiger partial charge in [-0.05, 0) is 74.6 Å². The van der Waals surface area contributed by atoms with Crippen LogP contribution in [-0.2, 0) is 14.4 Å². The molecule has 2 fully saturated rings. The topological polar surface area (TPSA) is 88.6 Å². The molecule has 2 aromatic carbocycles. The summed E-state index contributed by atoms with van der Waals surface area (Å²) in [4.78, 5) is 45.1.